The molecule has 1 fully saturated rings. The van der Waals surface area contributed by atoms with Gasteiger partial charge >= 0.3 is 0 Å². The van der Waals surface area contributed by atoms with E-state index in [-0.39, 0.29) is 24.2 Å². The van der Waals surface area contributed by atoms with E-state index < -0.39 is 0 Å². The maximum atomic E-state index is 12.2. The van der Waals surface area contributed by atoms with Crippen LogP contribution in [0.5, 0.6) is 0 Å². The van der Waals surface area contributed by atoms with Gasteiger partial charge in [-0.2, -0.15) is 0 Å². The molecule has 1 atom stereocenters. The van der Waals surface area contributed by atoms with Crippen LogP contribution in [0.3, 0.4) is 0 Å². The second-order valence-corrected chi connectivity index (χ2v) is 6.34. The van der Waals surface area contributed by atoms with Gasteiger partial charge in [-0.15, -0.1) is 0 Å². The lowest BCUT2D eigenvalue weighted by Crippen LogP contribution is -2.33. The molecule has 1 unspecified atom stereocenters. The van der Waals surface area contributed by atoms with Crippen molar-refractivity contribution in [2.24, 2.45) is 5.92 Å². The molecule has 0 radical (unpaired) electrons. The van der Waals surface area contributed by atoms with Crippen LogP contribution in [0.15, 0.2) is 18.2 Å². The fourth-order valence-electron chi connectivity index (χ4n) is 2.55. The van der Waals surface area contributed by atoms with Crippen molar-refractivity contribution >= 4 is 40.7 Å². The second-order valence-electron chi connectivity index (χ2n) is 5.50. The lowest BCUT2D eigenvalue weighted by molar-refractivity contribution is -0.126. The van der Waals surface area contributed by atoms with Crippen molar-refractivity contribution in [3.8, 4) is 0 Å². The molecule has 1 N–H and O–H groups in total. The molecule has 1 saturated heterocycles. The smallest absolute Gasteiger partial charge is 0.227 e. The summed E-state index contributed by atoms with van der Waals surface area (Å²) in [6.45, 7) is 3.14. The van der Waals surface area contributed by atoms with Gasteiger partial charge in [-0.3, -0.25) is 9.59 Å². The van der Waals surface area contributed by atoms with Crippen LogP contribution in [-0.2, 0) is 9.59 Å². The zero-order valence-corrected chi connectivity index (χ0v) is 14.1. The zero-order valence-electron chi connectivity index (χ0n) is 12.6. The van der Waals surface area contributed by atoms with E-state index in [4.69, 9.17) is 23.2 Å². The number of rotatable bonds is 6. The summed E-state index contributed by atoms with van der Waals surface area (Å²) in [5.74, 6) is -0.462. The Kier molecular flexibility index (Phi) is 6.09. The third-order valence-electron chi connectivity index (χ3n) is 3.78. The Morgan fingerprint density at radius 3 is 2.82 bits per heavy atom. The van der Waals surface area contributed by atoms with Crippen LogP contribution in [0, 0.1) is 5.92 Å². The first-order chi connectivity index (χ1) is 10.5. The Morgan fingerprint density at radius 1 is 1.36 bits per heavy atom. The van der Waals surface area contributed by atoms with E-state index in [9.17, 15) is 9.59 Å². The molecule has 1 aliphatic rings. The predicted octanol–water partition coefficient (Wildman–Crippen LogP) is 3.65. The molecule has 0 bridgehead atoms. The molecule has 4 nitrogen and oxygen atoms in total. The summed E-state index contributed by atoms with van der Waals surface area (Å²) in [5, 5.41) is 3.84. The van der Waals surface area contributed by atoms with Crippen LogP contribution in [-0.4, -0.2) is 24.9 Å². The summed E-state index contributed by atoms with van der Waals surface area (Å²) in [6.07, 6.45) is 3.39. The van der Waals surface area contributed by atoms with Crippen molar-refractivity contribution in [2.75, 3.05) is 18.0 Å². The van der Waals surface area contributed by atoms with Crippen molar-refractivity contribution < 1.29 is 9.59 Å². The quantitative estimate of drug-likeness (QED) is 0.802. The van der Waals surface area contributed by atoms with E-state index in [2.05, 4.69) is 12.2 Å². The lowest BCUT2D eigenvalue weighted by atomic mass is 10.1. The average molecular weight is 343 g/mol. The van der Waals surface area contributed by atoms with E-state index >= 15 is 0 Å². The number of hydrogen-bond donors (Lipinski definition) is 1. The number of hydrogen-bond acceptors (Lipinski definition) is 2. The normalized spacial score (nSPS) is 17.9. The molecule has 6 heteroatoms. The predicted molar refractivity (Wildman–Crippen MR) is 89.5 cm³/mol. The standard InChI is InChI=1S/C16H20Cl2N2O2/c1-2-3-4-7-19-16(22)11-8-15(21)20(10-11)14-6-5-12(17)9-13(14)18/h5-6,9,11H,2-4,7-8,10H2,1H3,(H,19,22). The highest BCUT2D eigenvalue weighted by Crippen LogP contribution is 2.33. The van der Waals surface area contributed by atoms with Crippen LogP contribution in [0.2, 0.25) is 10.0 Å². The third kappa shape index (κ3) is 4.14. The summed E-state index contributed by atoms with van der Waals surface area (Å²) in [4.78, 5) is 25.8. The largest absolute Gasteiger partial charge is 0.356 e. The minimum Gasteiger partial charge on any atom is -0.356 e. The van der Waals surface area contributed by atoms with Gasteiger partial charge in [0.05, 0.1) is 16.6 Å². The molecular formula is C16H20Cl2N2O2. The average Bonchev–Trinajstić information content (AvgIpc) is 2.85. The lowest BCUT2D eigenvalue weighted by Gasteiger charge is -2.18. The van der Waals surface area contributed by atoms with Gasteiger partial charge in [-0.25, -0.2) is 0 Å². The van der Waals surface area contributed by atoms with E-state index in [1.54, 1.807) is 23.1 Å². The van der Waals surface area contributed by atoms with Gasteiger partial charge in [0.1, 0.15) is 0 Å². The number of unbranched alkanes of at least 4 members (excludes halogenated alkanes) is 2. The van der Waals surface area contributed by atoms with Gasteiger partial charge < -0.3 is 10.2 Å². The minimum atomic E-state index is -0.319. The maximum Gasteiger partial charge on any atom is 0.227 e. The zero-order chi connectivity index (χ0) is 16.1. The summed E-state index contributed by atoms with van der Waals surface area (Å²) in [5.41, 5.74) is 0.609. The van der Waals surface area contributed by atoms with Crippen molar-refractivity contribution in [1.82, 2.24) is 5.32 Å². The Hall–Kier alpha value is -1.26. The molecule has 0 spiro atoms. The van der Waals surface area contributed by atoms with E-state index in [1.165, 1.54) is 0 Å². The Balaban J connectivity index is 1.97. The number of nitrogens with one attached hydrogen (secondary N) is 1. The molecular weight excluding hydrogens is 323 g/mol. The molecule has 2 amide bonds. The third-order valence-corrected chi connectivity index (χ3v) is 4.31. The van der Waals surface area contributed by atoms with E-state index in [0.717, 1.165) is 19.3 Å². The number of carbonyl (C=O) groups is 2. The van der Waals surface area contributed by atoms with Gasteiger partial charge in [0.25, 0.3) is 0 Å². The molecule has 1 aromatic rings. The Morgan fingerprint density at radius 2 is 2.14 bits per heavy atom. The minimum absolute atomic E-state index is 0.0583. The van der Waals surface area contributed by atoms with Crippen LogP contribution in [0.1, 0.15) is 32.6 Å². The van der Waals surface area contributed by atoms with Gasteiger partial charge in [-0.05, 0) is 24.6 Å². The summed E-state index contributed by atoms with van der Waals surface area (Å²) >= 11 is 12.0. The number of benzene rings is 1. The second kappa shape index (κ2) is 7.84. The number of halogens is 2. The number of carbonyl (C=O) groups excluding carboxylic acids is 2. The summed E-state index contributed by atoms with van der Waals surface area (Å²) in [7, 11) is 0. The van der Waals surface area contributed by atoms with E-state index in [0.29, 0.717) is 28.8 Å². The van der Waals surface area contributed by atoms with Crippen molar-refractivity contribution in [3.63, 3.8) is 0 Å². The molecule has 2 rings (SSSR count). The van der Waals surface area contributed by atoms with Gasteiger partial charge in [-0.1, -0.05) is 43.0 Å². The highest BCUT2D eigenvalue weighted by atomic mass is 35.5. The first kappa shape index (κ1) is 17.1. The van der Waals surface area contributed by atoms with E-state index in [1.807, 2.05) is 0 Å². The van der Waals surface area contributed by atoms with Crippen LogP contribution in [0.4, 0.5) is 5.69 Å². The molecule has 1 heterocycles. The Bertz CT molecular complexity index is 563. The molecule has 1 aliphatic heterocycles. The van der Waals surface area contributed by atoms with Gasteiger partial charge in [0, 0.05) is 24.5 Å². The van der Waals surface area contributed by atoms with Gasteiger partial charge in [0.15, 0.2) is 0 Å². The maximum absolute atomic E-state index is 12.2. The first-order valence-electron chi connectivity index (χ1n) is 7.56. The Labute approximate surface area is 140 Å². The molecule has 120 valence electrons. The fourth-order valence-corrected chi connectivity index (χ4v) is 3.06. The first-order valence-corrected chi connectivity index (χ1v) is 8.31. The number of nitrogens with zero attached hydrogens (tertiary/aromatic N) is 1. The highest BCUT2D eigenvalue weighted by molar-refractivity contribution is 6.36. The van der Waals surface area contributed by atoms with Gasteiger partial charge in [0.2, 0.25) is 11.8 Å². The molecule has 22 heavy (non-hydrogen) atoms. The molecule has 0 aliphatic carbocycles. The number of anilines is 1. The fraction of sp³-hybridized carbons (Fsp3) is 0.500. The van der Waals surface area contributed by atoms with Crippen LogP contribution in [0.25, 0.3) is 0 Å². The molecule has 0 saturated carbocycles. The van der Waals surface area contributed by atoms with Crippen LogP contribution < -0.4 is 10.2 Å². The highest BCUT2D eigenvalue weighted by Gasteiger charge is 2.35. The van der Waals surface area contributed by atoms with Crippen molar-refractivity contribution in [2.45, 2.75) is 32.6 Å². The summed E-state index contributed by atoms with van der Waals surface area (Å²) in [6, 6.07) is 5.00. The summed E-state index contributed by atoms with van der Waals surface area (Å²) < 4.78 is 0. The van der Waals surface area contributed by atoms with Crippen molar-refractivity contribution in [3.05, 3.63) is 28.2 Å². The van der Waals surface area contributed by atoms with Crippen molar-refractivity contribution in [1.29, 1.82) is 0 Å². The molecule has 1 aromatic carbocycles. The monoisotopic (exact) mass is 342 g/mol. The number of amides is 2. The SMILES string of the molecule is CCCCCNC(=O)C1CC(=O)N(c2ccc(Cl)cc2Cl)C1. The van der Waals surface area contributed by atoms with Crippen LogP contribution >= 0.6 is 23.2 Å². The topological polar surface area (TPSA) is 49.4 Å². The molecule has 0 aromatic heterocycles.